The number of rotatable bonds is 9. The molecule has 1 atom stereocenters. The van der Waals surface area contributed by atoms with Crippen LogP contribution in [-0.2, 0) is 4.79 Å². The highest BCUT2D eigenvalue weighted by Crippen LogP contribution is 2.28. The van der Waals surface area contributed by atoms with E-state index < -0.39 is 6.04 Å². The molecule has 0 aliphatic heterocycles. The number of halogens is 2. The Morgan fingerprint density at radius 2 is 1.70 bits per heavy atom. The molecule has 1 aliphatic carbocycles. The van der Waals surface area contributed by atoms with E-state index in [4.69, 9.17) is 27.9 Å². The quantitative estimate of drug-likeness (QED) is 0.425. The summed E-state index contributed by atoms with van der Waals surface area (Å²) in [6.45, 7) is 2.33. The number of carbonyl (C=O) groups excluding carboxylic acids is 2. The average Bonchev–Trinajstić information content (AvgIpc) is 2.82. The van der Waals surface area contributed by atoms with E-state index in [0.29, 0.717) is 34.5 Å². The Kier molecular flexibility index (Phi) is 9.27. The lowest BCUT2D eigenvalue weighted by atomic mass is 9.84. The van der Waals surface area contributed by atoms with Crippen LogP contribution in [0.4, 0.5) is 5.69 Å². The van der Waals surface area contributed by atoms with Crippen LogP contribution in [0.25, 0.3) is 0 Å². The van der Waals surface area contributed by atoms with Crippen molar-refractivity contribution in [3.8, 4) is 5.75 Å². The third kappa shape index (κ3) is 7.27. The van der Waals surface area contributed by atoms with Gasteiger partial charge in [-0.05, 0) is 61.7 Å². The Hall–Kier alpha value is -2.44. The summed E-state index contributed by atoms with van der Waals surface area (Å²) in [7, 11) is 1.61. The summed E-state index contributed by atoms with van der Waals surface area (Å²) < 4.78 is 5.20. The summed E-state index contributed by atoms with van der Waals surface area (Å²) in [6.07, 6.45) is 6.28. The predicted molar refractivity (Wildman–Crippen MR) is 133 cm³/mol. The summed E-state index contributed by atoms with van der Waals surface area (Å²) >= 11 is 12.2. The number of likely N-dealkylation sites (N-methyl/N-ethyl adjacent to an activating group) is 1. The number of anilines is 1. The molecule has 3 rings (SSSR count). The van der Waals surface area contributed by atoms with Gasteiger partial charge in [0.05, 0.1) is 12.8 Å². The van der Waals surface area contributed by atoms with Crippen LogP contribution in [0.5, 0.6) is 5.75 Å². The number of carbonyl (C=O) groups is 2. The highest BCUT2D eigenvalue weighted by molar-refractivity contribution is 6.35. The standard InChI is InChI=1S/C25H31Cl2N3O3/c1-3-30(29-21-9-11-22(33-2)12-10-21)25(32)23(13-17-7-5-4-6-8-17)28-24(31)18-14-19(26)16-20(27)15-18/h9-12,14-17,23,29H,3-8,13H2,1-2H3,(H,28,31). The Labute approximate surface area is 205 Å². The number of methoxy groups -OCH3 is 1. The molecular formula is C25H31Cl2N3O3. The fourth-order valence-electron chi connectivity index (χ4n) is 4.20. The Balaban J connectivity index is 1.78. The Morgan fingerprint density at radius 3 is 2.27 bits per heavy atom. The molecule has 2 N–H and O–H groups in total. The summed E-state index contributed by atoms with van der Waals surface area (Å²) in [6, 6.07) is 11.4. The first-order chi connectivity index (χ1) is 15.9. The van der Waals surface area contributed by atoms with Crippen LogP contribution in [0.2, 0.25) is 10.0 Å². The SMILES string of the molecule is CCN(Nc1ccc(OC)cc1)C(=O)C(CC1CCCCC1)NC(=O)c1cc(Cl)cc(Cl)c1. The van der Waals surface area contributed by atoms with Gasteiger partial charge in [-0.2, -0.15) is 0 Å². The van der Waals surface area contributed by atoms with Crippen LogP contribution in [0.15, 0.2) is 42.5 Å². The van der Waals surface area contributed by atoms with Gasteiger partial charge in [-0.25, -0.2) is 0 Å². The minimum atomic E-state index is -0.663. The molecule has 0 radical (unpaired) electrons. The molecule has 2 aromatic rings. The van der Waals surface area contributed by atoms with Crippen molar-refractivity contribution < 1.29 is 14.3 Å². The van der Waals surface area contributed by atoms with E-state index in [0.717, 1.165) is 37.1 Å². The van der Waals surface area contributed by atoms with Gasteiger partial charge in [-0.3, -0.25) is 20.0 Å². The van der Waals surface area contributed by atoms with Gasteiger partial charge >= 0.3 is 0 Å². The second kappa shape index (κ2) is 12.1. The molecule has 0 bridgehead atoms. The average molecular weight is 492 g/mol. The third-order valence-electron chi connectivity index (χ3n) is 5.96. The topological polar surface area (TPSA) is 70.7 Å². The van der Waals surface area contributed by atoms with Crippen LogP contribution >= 0.6 is 23.2 Å². The number of amides is 2. The Bertz CT molecular complexity index is 926. The fourth-order valence-corrected chi connectivity index (χ4v) is 4.73. The monoisotopic (exact) mass is 491 g/mol. The zero-order chi connectivity index (χ0) is 23.8. The second-order valence-corrected chi connectivity index (χ2v) is 9.22. The van der Waals surface area contributed by atoms with Crippen molar-refractivity contribution in [3.63, 3.8) is 0 Å². The van der Waals surface area contributed by atoms with Crippen LogP contribution in [0.3, 0.4) is 0 Å². The number of hydrogen-bond donors (Lipinski definition) is 2. The largest absolute Gasteiger partial charge is 0.497 e. The number of benzene rings is 2. The molecule has 33 heavy (non-hydrogen) atoms. The van der Waals surface area contributed by atoms with Gasteiger partial charge in [0, 0.05) is 22.2 Å². The van der Waals surface area contributed by atoms with Crippen molar-refractivity contribution in [2.45, 2.75) is 51.5 Å². The molecular weight excluding hydrogens is 461 g/mol. The summed E-state index contributed by atoms with van der Waals surface area (Å²) in [5.41, 5.74) is 4.26. The predicted octanol–water partition coefficient (Wildman–Crippen LogP) is 5.95. The van der Waals surface area contributed by atoms with Crippen molar-refractivity contribution in [1.82, 2.24) is 10.3 Å². The van der Waals surface area contributed by atoms with Gasteiger partial charge in [-0.1, -0.05) is 55.3 Å². The molecule has 0 spiro atoms. The Morgan fingerprint density at radius 1 is 1.06 bits per heavy atom. The molecule has 6 nitrogen and oxygen atoms in total. The van der Waals surface area contributed by atoms with E-state index in [1.165, 1.54) is 6.42 Å². The summed E-state index contributed by atoms with van der Waals surface area (Å²) in [5, 5.41) is 5.24. The van der Waals surface area contributed by atoms with E-state index in [9.17, 15) is 9.59 Å². The maximum Gasteiger partial charge on any atom is 0.263 e. The number of ether oxygens (including phenoxy) is 1. The van der Waals surface area contributed by atoms with Crippen molar-refractivity contribution in [1.29, 1.82) is 0 Å². The van der Waals surface area contributed by atoms with Crippen LogP contribution in [0, 0.1) is 5.92 Å². The van der Waals surface area contributed by atoms with Crippen molar-refractivity contribution >= 4 is 40.7 Å². The van der Waals surface area contributed by atoms with E-state index in [1.807, 2.05) is 31.2 Å². The lowest BCUT2D eigenvalue weighted by Crippen LogP contribution is -2.51. The lowest BCUT2D eigenvalue weighted by Gasteiger charge is -2.31. The van der Waals surface area contributed by atoms with Gasteiger partial charge in [0.1, 0.15) is 11.8 Å². The zero-order valence-electron chi connectivity index (χ0n) is 19.1. The maximum atomic E-state index is 13.5. The second-order valence-electron chi connectivity index (χ2n) is 8.35. The number of hydrazine groups is 1. The molecule has 0 heterocycles. The molecule has 2 aromatic carbocycles. The normalized spacial score (nSPS) is 14.9. The molecule has 0 saturated heterocycles. The van der Waals surface area contributed by atoms with E-state index in [2.05, 4.69) is 10.7 Å². The summed E-state index contributed by atoms with van der Waals surface area (Å²) in [5.74, 6) is 0.586. The first-order valence-electron chi connectivity index (χ1n) is 11.4. The van der Waals surface area contributed by atoms with Gasteiger partial charge in [0.2, 0.25) is 0 Å². The smallest absolute Gasteiger partial charge is 0.263 e. The van der Waals surface area contributed by atoms with E-state index >= 15 is 0 Å². The van der Waals surface area contributed by atoms with Crippen molar-refractivity contribution in [3.05, 3.63) is 58.1 Å². The molecule has 178 valence electrons. The van der Waals surface area contributed by atoms with Crippen LogP contribution in [-0.4, -0.2) is 36.5 Å². The first-order valence-corrected chi connectivity index (χ1v) is 12.1. The lowest BCUT2D eigenvalue weighted by molar-refractivity contribution is -0.132. The van der Waals surface area contributed by atoms with Gasteiger partial charge in [0.15, 0.2) is 0 Å². The molecule has 8 heteroatoms. The molecule has 1 saturated carbocycles. The van der Waals surface area contributed by atoms with Crippen molar-refractivity contribution in [2.75, 3.05) is 19.1 Å². The van der Waals surface area contributed by atoms with E-state index in [-0.39, 0.29) is 11.8 Å². The third-order valence-corrected chi connectivity index (χ3v) is 6.39. The molecule has 0 aromatic heterocycles. The minimum absolute atomic E-state index is 0.180. The first kappa shape index (κ1) is 25.2. The maximum absolute atomic E-state index is 13.5. The van der Waals surface area contributed by atoms with Gasteiger partial charge in [0.25, 0.3) is 11.8 Å². The molecule has 1 aliphatic rings. The van der Waals surface area contributed by atoms with E-state index in [1.54, 1.807) is 30.3 Å². The molecule has 1 fully saturated rings. The number of nitrogens with zero attached hydrogens (tertiary/aromatic N) is 1. The number of hydrogen-bond acceptors (Lipinski definition) is 4. The highest BCUT2D eigenvalue weighted by atomic mass is 35.5. The fraction of sp³-hybridized carbons (Fsp3) is 0.440. The molecule has 1 unspecified atom stereocenters. The highest BCUT2D eigenvalue weighted by Gasteiger charge is 2.29. The van der Waals surface area contributed by atoms with Crippen LogP contribution < -0.4 is 15.5 Å². The van der Waals surface area contributed by atoms with Crippen molar-refractivity contribution in [2.24, 2.45) is 5.92 Å². The zero-order valence-corrected chi connectivity index (χ0v) is 20.6. The van der Waals surface area contributed by atoms with Crippen LogP contribution in [0.1, 0.15) is 55.8 Å². The number of nitrogens with one attached hydrogen (secondary N) is 2. The summed E-state index contributed by atoms with van der Waals surface area (Å²) in [4.78, 5) is 26.6. The minimum Gasteiger partial charge on any atom is -0.497 e. The van der Waals surface area contributed by atoms with Gasteiger partial charge in [-0.15, -0.1) is 0 Å². The molecule has 2 amide bonds. The van der Waals surface area contributed by atoms with Gasteiger partial charge < -0.3 is 10.1 Å².